The number of aromatic amines is 1. The van der Waals surface area contributed by atoms with Gasteiger partial charge in [-0.05, 0) is 56.2 Å². The van der Waals surface area contributed by atoms with Crippen molar-refractivity contribution in [3.05, 3.63) is 50.7 Å². The number of carbonyl (C=O) groups excluding carboxylic acids is 1. The van der Waals surface area contributed by atoms with E-state index in [1.165, 1.54) is 0 Å². The number of nitrogens with zero attached hydrogens (tertiary/aromatic N) is 2. The second-order valence-electron chi connectivity index (χ2n) is 7.50. The van der Waals surface area contributed by atoms with E-state index in [0.29, 0.717) is 33.2 Å². The maximum absolute atomic E-state index is 12.8. The smallest absolute Gasteiger partial charge is 0.256 e. The first-order valence-corrected chi connectivity index (χ1v) is 10.3. The summed E-state index contributed by atoms with van der Waals surface area (Å²) in [4.78, 5) is 32.5. The molecule has 0 radical (unpaired) electrons. The molecule has 2 N–H and O–H groups in total. The minimum Gasteiger partial charge on any atom is -0.324 e. The number of fused-ring (bicyclic) bond motifs is 3. The van der Waals surface area contributed by atoms with Crippen LogP contribution in [0.4, 0.5) is 5.69 Å². The summed E-state index contributed by atoms with van der Waals surface area (Å²) < 4.78 is 0. The average Bonchev–Trinajstić information content (AvgIpc) is 2.86. The van der Waals surface area contributed by atoms with Crippen molar-refractivity contribution >= 4 is 56.5 Å². The van der Waals surface area contributed by atoms with Gasteiger partial charge in [-0.2, -0.15) is 0 Å². The number of halogens is 2. The zero-order chi connectivity index (χ0) is 20.5. The van der Waals surface area contributed by atoms with E-state index in [-0.39, 0.29) is 11.5 Å². The van der Waals surface area contributed by atoms with Gasteiger partial charge in [0.15, 0.2) is 0 Å². The Morgan fingerprint density at radius 3 is 2.72 bits per heavy atom. The molecule has 1 saturated heterocycles. The fraction of sp³-hybridized carbons (Fsp3) is 0.333. The summed E-state index contributed by atoms with van der Waals surface area (Å²) in [6, 6.07) is 8.56. The zero-order valence-corrected chi connectivity index (χ0v) is 17.6. The van der Waals surface area contributed by atoms with E-state index >= 15 is 0 Å². The number of hydrogen-bond acceptors (Lipinski definition) is 4. The largest absolute Gasteiger partial charge is 0.324 e. The lowest BCUT2D eigenvalue weighted by molar-refractivity contribution is -0.117. The number of rotatable bonds is 3. The molecule has 1 aliphatic heterocycles. The number of H-pyrrole nitrogens is 1. The molecule has 0 aliphatic carbocycles. The van der Waals surface area contributed by atoms with E-state index in [4.69, 9.17) is 23.2 Å². The summed E-state index contributed by atoms with van der Waals surface area (Å²) in [5.74, 6) is -0.105. The molecule has 8 heteroatoms. The lowest BCUT2D eigenvalue weighted by Crippen LogP contribution is -2.35. The summed E-state index contributed by atoms with van der Waals surface area (Å²) in [5.41, 5.74) is 0.903. The molecule has 29 heavy (non-hydrogen) atoms. The van der Waals surface area contributed by atoms with Crippen LogP contribution in [0.25, 0.3) is 21.7 Å². The van der Waals surface area contributed by atoms with Crippen LogP contribution in [0.3, 0.4) is 0 Å². The summed E-state index contributed by atoms with van der Waals surface area (Å²) in [6.45, 7) is 4.05. The van der Waals surface area contributed by atoms with Gasteiger partial charge in [0.05, 0.1) is 17.7 Å². The van der Waals surface area contributed by atoms with Crippen LogP contribution in [-0.4, -0.2) is 60.5 Å². The Balaban J connectivity index is 1.69. The molecule has 0 unspecified atom stereocenters. The van der Waals surface area contributed by atoms with Crippen molar-refractivity contribution in [2.45, 2.75) is 6.42 Å². The summed E-state index contributed by atoms with van der Waals surface area (Å²) in [7, 11) is 2.10. The third-order valence-corrected chi connectivity index (χ3v) is 5.75. The molecule has 2 heterocycles. The maximum atomic E-state index is 12.8. The standard InChI is InChI=1S/C21H22Cl2N4O2/c1-26-5-2-6-27(8-7-26)12-19(28)24-17-10-14(23)11-18-20(17)15-4-3-13(22)9-16(15)21(29)25-18/h3-4,9-11H,2,5-8,12H2,1H3,(H,24,28)(H,25,29). The molecule has 3 aromatic rings. The minimum absolute atomic E-state index is 0.105. The molecule has 1 aliphatic rings. The Morgan fingerprint density at radius 2 is 1.90 bits per heavy atom. The number of nitrogens with one attached hydrogen (secondary N) is 2. The van der Waals surface area contributed by atoms with Crippen LogP contribution in [-0.2, 0) is 4.79 Å². The van der Waals surface area contributed by atoms with Gasteiger partial charge in [-0.15, -0.1) is 0 Å². The second-order valence-corrected chi connectivity index (χ2v) is 8.37. The number of anilines is 1. The molecule has 0 spiro atoms. The van der Waals surface area contributed by atoms with Gasteiger partial charge in [0.2, 0.25) is 5.91 Å². The van der Waals surface area contributed by atoms with Gasteiger partial charge in [-0.25, -0.2) is 0 Å². The molecule has 2 aromatic carbocycles. The Morgan fingerprint density at radius 1 is 1.07 bits per heavy atom. The second kappa shape index (κ2) is 8.32. The number of benzene rings is 2. The van der Waals surface area contributed by atoms with E-state index in [1.807, 2.05) is 0 Å². The number of amides is 1. The van der Waals surface area contributed by atoms with Crippen molar-refractivity contribution in [3.63, 3.8) is 0 Å². The Kier molecular flexibility index (Phi) is 5.79. The molecule has 1 fully saturated rings. The van der Waals surface area contributed by atoms with Crippen LogP contribution in [0.5, 0.6) is 0 Å². The predicted octanol–water partition coefficient (Wildman–Crippen LogP) is 3.56. The molecule has 0 saturated carbocycles. The van der Waals surface area contributed by atoms with Gasteiger partial charge >= 0.3 is 0 Å². The highest BCUT2D eigenvalue weighted by atomic mass is 35.5. The van der Waals surface area contributed by atoms with Crippen LogP contribution in [0, 0.1) is 0 Å². The van der Waals surface area contributed by atoms with Crippen LogP contribution in [0.15, 0.2) is 35.1 Å². The van der Waals surface area contributed by atoms with Crippen LogP contribution in [0.2, 0.25) is 10.0 Å². The van der Waals surface area contributed by atoms with Crippen LogP contribution in [0.1, 0.15) is 6.42 Å². The molecule has 1 amide bonds. The van der Waals surface area contributed by atoms with Crippen LogP contribution < -0.4 is 10.9 Å². The highest BCUT2D eigenvalue weighted by Crippen LogP contribution is 2.32. The Labute approximate surface area is 178 Å². The topological polar surface area (TPSA) is 68.4 Å². The van der Waals surface area contributed by atoms with Crippen molar-refractivity contribution in [3.8, 4) is 0 Å². The summed E-state index contributed by atoms with van der Waals surface area (Å²) in [6.07, 6.45) is 1.04. The highest BCUT2D eigenvalue weighted by molar-refractivity contribution is 6.33. The van der Waals surface area contributed by atoms with E-state index in [1.54, 1.807) is 30.3 Å². The number of hydrogen-bond donors (Lipinski definition) is 2. The van der Waals surface area contributed by atoms with E-state index in [2.05, 4.69) is 27.1 Å². The number of likely N-dealkylation sites (N-methyl/N-ethyl adjacent to an activating group) is 1. The van der Waals surface area contributed by atoms with Gasteiger partial charge in [0, 0.05) is 33.9 Å². The SMILES string of the molecule is CN1CCCN(CC(=O)Nc2cc(Cl)cc3[nH]c(=O)c4cc(Cl)ccc4c23)CC1. The van der Waals surface area contributed by atoms with Gasteiger partial charge in [0.25, 0.3) is 5.56 Å². The first-order chi connectivity index (χ1) is 13.9. The molecule has 4 rings (SSSR count). The lowest BCUT2D eigenvalue weighted by atomic mass is 10.0. The van der Waals surface area contributed by atoms with Gasteiger partial charge in [-0.1, -0.05) is 29.3 Å². The molecule has 0 bridgehead atoms. The van der Waals surface area contributed by atoms with Crippen LogP contribution >= 0.6 is 23.2 Å². The Bertz CT molecular complexity index is 1140. The first kappa shape index (κ1) is 20.2. The Hall–Kier alpha value is -2.12. The van der Waals surface area contributed by atoms with Gasteiger partial charge < -0.3 is 15.2 Å². The number of pyridine rings is 1. The summed E-state index contributed by atoms with van der Waals surface area (Å²) in [5, 5.41) is 5.85. The van der Waals surface area contributed by atoms with Crippen molar-refractivity contribution in [1.29, 1.82) is 0 Å². The third kappa shape index (κ3) is 4.41. The molecule has 0 atom stereocenters. The normalized spacial score (nSPS) is 16.2. The molecular formula is C21H22Cl2N4O2. The van der Waals surface area contributed by atoms with Gasteiger partial charge in [-0.3, -0.25) is 14.5 Å². The van der Waals surface area contributed by atoms with Crippen molar-refractivity contribution in [2.75, 3.05) is 45.1 Å². The average molecular weight is 433 g/mol. The minimum atomic E-state index is -0.247. The number of aromatic nitrogens is 1. The zero-order valence-electron chi connectivity index (χ0n) is 16.1. The predicted molar refractivity (Wildman–Crippen MR) is 119 cm³/mol. The van der Waals surface area contributed by atoms with Gasteiger partial charge in [0.1, 0.15) is 0 Å². The summed E-state index contributed by atoms with van der Waals surface area (Å²) >= 11 is 12.3. The van der Waals surface area contributed by atoms with E-state index < -0.39 is 0 Å². The fourth-order valence-electron chi connectivity index (χ4n) is 3.86. The quantitative estimate of drug-likeness (QED) is 0.620. The molecular weight excluding hydrogens is 411 g/mol. The van der Waals surface area contributed by atoms with E-state index in [9.17, 15) is 9.59 Å². The van der Waals surface area contributed by atoms with Crippen molar-refractivity contribution in [2.24, 2.45) is 0 Å². The number of carbonyl (C=O) groups is 1. The van der Waals surface area contributed by atoms with Crippen molar-refractivity contribution in [1.82, 2.24) is 14.8 Å². The molecule has 6 nitrogen and oxygen atoms in total. The lowest BCUT2D eigenvalue weighted by Gasteiger charge is -2.20. The van der Waals surface area contributed by atoms with E-state index in [0.717, 1.165) is 43.4 Å². The fourth-order valence-corrected chi connectivity index (χ4v) is 4.25. The third-order valence-electron chi connectivity index (χ3n) is 5.30. The first-order valence-electron chi connectivity index (χ1n) is 9.56. The highest BCUT2D eigenvalue weighted by Gasteiger charge is 2.17. The molecule has 1 aromatic heterocycles. The van der Waals surface area contributed by atoms with Crippen molar-refractivity contribution < 1.29 is 4.79 Å². The molecule has 152 valence electrons. The maximum Gasteiger partial charge on any atom is 0.256 e. The monoisotopic (exact) mass is 432 g/mol.